The highest BCUT2D eigenvalue weighted by Gasteiger charge is 2.31. The third-order valence-corrected chi connectivity index (χ3v) is 6.09. The van der Waals surface area contributed by atoms with E-state index in [9.17, 15) is 9.90 Å². The monoisotopic (exact) mass is 384 g/mol. The van der Waals surface area contributed by atoms with Crippen LogP contribution in [0.15, 0.2) is 40.7 Å². The maximum absolute atomic E-state index is 12.7. The topological polar surface area (TPSA) is 74.6 Å². The molecule has 0 radical (unpaired) electrons. The third-order valence-electron chi connectivity index (χ3n) is 5.77. The summed E-state index contributed by atoms with van der Waals surface area (Å²) >= 11 is 5.35. The first-order valence-corrected chi connectivity index (χ1v) is 10.2. The Morgan fingerprint density at radius 1 is 1.26 bits per heavy atom. The van der Waals surface area contributed by atoms with Crippen molar-refractivity contribution in [2.24, 2.45) is 0 Å². The Bertz CT molecular complexity index is 990. The summed E-state index contributed by atoms with van der Waals surface area (Å²) in [5.41, 5.74) is 3.88. The van der Waals surface area contributed by atoms with Crippen molar-refractivity contribution in [3.05, 3.63) is 67.7 Å². The predicted molar refractivity (Wildman–Crippen MR) is 108 cm³/mol. The predicted octanol–water partition coefficient (Wildman–Crippen LogP) is 2.71. The summed E-state index contributed by atoms with van der Waals surface area (Å²) in [6.45, 7) is 1.48. The first-order valence-electron chi connectivity index (χ1n) is 9.80. The van der Waals surface area contributed by atoms with E-state index in [1.165, 1.54) is 24.0 Å². The Kier molecular flexibility index (Phi) is 5.27. The van der Waals surface area contributed by atoms with E-state index in [-0.39, 0.29) is 17.5 Å². The molecule has 4 N–H and O–H groups in total. The summed E-state index contributed by atoms with van der Waals surface area (Å²) in [6, 6.07) is 7.96. The van der Waals surface area contributed by atoms with E-state index in [1.54, 1.807) is 4.57 Å². The second kappa shape index (κ2) is 7.82. The van der Waals surface area contributed by atoms with Crippen LogP contribution in [-0.4, -0.2) is 21.2 Å². The summed E-state index contributed by atoms with van der Waals surface area (Å²) in [6.07, 6.45) is 8.88. The molecule has 6 heteroatoms. The van der Waals surface area contributed by atoms with Gasteiger partial charge in [0.05, 0.1) is 6.54 Å². The summed E-state index contributed by atoms with van der Waals surface area (Å²) in [5.74, 6) is 0.0121. The van der Waals surface area contributed by atoms with E-state index < -0.39 is 0 Å². The molecule has 0 amide bonds. The molecule has 2 heterocycles. The molecule has 2 aromatic rings. The van der Waals surface area contributed by atoms with Gasteiger partial charge in [-0.2, -0.15) is 0 Å². The molecular formula is C21H26N3O2S+. The van der Waals surface area contributed by atoms with Crippen LogP contribution in [0.4, 0.5) is 0 Å². The fourth-order valence-electron chi connectivity index (χ4n) is 4.32. The van der Waals surface area contributed by atoms with Gasteiger partial charge in [-0.25, -0.2) is 0 Å². The largest absolute Gasteiger partial charge is 0.494 e. The molecule has 1 aliphatic carbocycles. The zero-order valence-corrected chi connectivity index (χ0v) is 16.2. The highest BCUT2D eigenvalue weighted by atomic mass is 32.1. The Hall–Kier alpha value is -2.18. The maximum Gasteiger partial charge on any atom is 0.265 e. The van der Waals surface area contributed by atoms with Crippen molar-refractivity contribution < 1.29 is 10.4 Å². The molecule has 1 aromatic carbocycles. The smallest absolute Gasteiger partial charge is 0.265 e. The number of rotatable bonds is 4. The van der Waals surface area contributed by atoms with Crippen molar-refractivity contribution in [3.63, 3.8) is 0 Å². The standard InChI is InChI=1S/C21H25N3O2S/c25-19-17(18-16-9-5-4-8-15(16)10-12-22-18)20(26)24(21(27)23-19)13-11-14-6-2-1-3-7-14/h4-6,8-9,18,22,26H,1-3,7,10-13H2,(H,23,25,27)/p+1/t18-/m1/s1. The van der Waals surface area contributed by atoms with Gasteiger partial charge in [-0.3, -0.25) is 14.3 Å². The molecular weight excluding hydrogens is 358 g/mol. The highest BCUT2D eigenvalue weighted by molar-refractivity contribution is 7.71. The van der Waals surface area contributed by atoms with E-state index in [4.69, 9.17) is 12.2 Å². The molecule has 142 valence electrons. The minimum absolute atomic E-state index is 0.0121. The number of hydrogen-bond donors (Lipinski definition) is 3. The number of benzene rings is 1. The van der Waals surface area contributed by atoms with Crippen molar-refractivity contribution in [3.8, 4) is 5.88 Å². The number of nitrogens with zero attached hydrogens (tertiary/aromatic N) is 1. The molecule has 1 aromatic heterocycles. The van der Waals surface area contributed by atoms with Crippen molar-refractivity contribution >= 4 is 12.2 Å². The lowest BCUT2D eigenvalue weighted by atomic mass is 9.90. The van der Waals surface area contributed by atoms with Crippen molar-refractivity contribution in [1.82, 2.24) is 9.55 Å². The van der Waals surface area contributed by atoms with Gasteiger partial charge < -0.3 is 10.4 Å². The van der Waals surface area contributed by atoms with Gasteiger partial charge in [0, 0.05) is 18.5 Å². The molecule has 1 atom stereocenters. The van der Waals surface area contributed by atoms with E-state index in [2.05, 4.69) is 22.4 Å². The Labute approximate surface area is 163 Å². The van der Waals surface area contributed by atoms with Crippen LogP contribution in [0.5, 0.6) is 5.88 Å². The molecule has 0 saturated heterocycles. The van der Waals surface area contributed by atoms with Gasteiger partial charge in [-0.15, -0.1) is 0 Å². The zero-order valence-electron chi connectivity index (χ0n) is 15.4. The lowest BCUT2D eigenvalue weighted by Gasteiger charge is -2.25. The molecule has 4 rings (SSSR count). The van der Waals surface area contributed by atoms with Gasteiger partial charge in [0.15, 0.2) is 4.77 Å². The Morgan fingerprint density at radius 3 is 2.93 bits per heavy atom. The van der Waals surface area contributed by atoms with E-state index in [0.29, 0.717) is 16.9 Å². The minimum atomic E-state index is -0.288. The quantitative estimate of drug-likeness (QED) is 0.560. The Balaban J connectivity index is 1.71. The minimum Gasteiger partial charge on any atom is -0.494 e. The molecule has 1 aliphatic heterocycles. The second-order valence-electron chi connectivity index (χ2n) is 7.46. The van der Waals surface area contributed by atoms with Crippen molar-refractivity contribution in [1.29, 1.82) is 0 Å². The number of aromatic hydroxyl groups is 1. The molecule has 0 saturated carbocycles. The zero-order chi connectivity index (χ0) is 18.8. The number of allylic oxidation sites excluding steroid dienone is 2. The average molecular weight is 385 g/mol. The molecule has 0 bridgehead atoms. The maximum atomic E-state index is 12.7. The van der Waals surface area contributed by atoms with Gasteiger partial charge in [-0.05, 0) is 49.9 Å². The average Bonchev–Trinajstić information content (AvgIpc) is 2.68. The van der Waals surface area contributed by atoms with Crippen molar-refractivity contribution in [2.75, 3.05) is 6.54 Å². The summed E-state index contributed by atoms with van der Waals surface area (Å²) in [7, 11) is 0. The van der Waals surface area contributed by atoms with Crippen LogP contribution < -0.4 is 10.9 Å². The third kappa shape index (κ3) is 3.64. The fourth-order valence-corrected chi connectivity index (χ4v) is 4.59. The van der Waals surface area contributed by atoms with E-state index in [0.717, 1.165) is 37.8 Å². The number of aromatic nitrogens is 2. The lowest BCUT2D eigenvalue weighted by Crippen LogP contribution is -2.87. The molecule has 0 spiro atoms. The number of aromatic amines is 1. The second-order valence-corrected chi connectivity index (χ2v) is 7.84. The fraction of sp³-hybridized carbons (Fsp3) is 0.429. The molecule has 0 fully saturated rings. The van der Waals surface area contributed by atoms with Crippen LogP contribution in [0, 0.1) is 4.77 Å². The highest BCUT2D eigenvalue weighted by Crippen LogP contribution is 2.29. The van der Waals surface area contributed by atoms with Gasteiger partial charge in [0.2, 0.25) is 5.88 Å². The van der Waals surface area contributed by atoms with Gasteiger partial charge in [0.1, 0.15) is 11.6 Å². The number of nitrogens with two attached hydrogens (primary N) is 1. The number of quaternary nitrogens is 1. The van der Waals surface area contributed by atoms with Gasteiger partial charge in [0.25, 0.3) is 5.56 Å². The van der Waals surface area contributed by atoms with E-state index >= 15 is 0 Å². The first-order chi connectivity index (χ1) is 13.1. The number of hydrogen-bond acceptors (Lipinski definition) is 3. The van der Waals surface area contributed by atoms with Crippen LogP contribution in [-0.2, 0) is 13.0 Å². The molecule has 27 heavy (non-hydrogen) atoms. The molecule has 0 unspecified atom stereocenters. The first kappa shape index (κ1) is 18.2. The van der Waals surface area contributed by atoms with Crippen LogP contribution in [0.25, 0.3) is 0 Å². The van der Waals surface area contributed by atoms with Gasteiger partial charge in [-0.1, -0.05) is 35.9 Å². The van der Waals surface area contributed by atoms with Crippen LogP contribution in [0.2, 0.25) is 0 Å². The SMILES string of the molecule is O=c1[nH]c(=S)n(CCC2=CCCCC2)c(O)c1[C@@H]1[NH2+]CCc2ccccc21. The van der Waals surface area contributed by atoms with Crippen LogP contribution in [0.1, 0.15) is 54.8 Å². The van der Waals surface area contributed by atoms with Crippen LogP contribution >= 0.6 is 12.2 Å². The molecule has 5 nitrogen and oxygen atoms in total. The summed E-state index contributed by atoms with van der Waals surface area (Å²) in [4.78, 5) is 15.5. The number of fused-ring (bicyclic) bond motifs is 1. The lowest BCUT2D eigenvalue weighted by molar-refractivity contribution is -0.690. The Morgan fingerprint density at radius 2 is 2.11 bits per heavy atom. The number of H-pyrrole nitrogens is 1. The van der Waals surface area contributed by atoms with Crippen LogP contribution in [0.3, 0.4) is 0 Å². The van der Waals surface area contributed by atoms with Gasteiger partial charge >= 0.3 is 0 Å². The normalized spacial score (nSPS) is 19.4. The number of nitrogens with one attached hydrogen (secondary N) is 1. The summed E-state index contributed by atoms with van der Waals surface area (Å²) < 4.78 is 1.98. The molecule has 2 aliphatic rings. The van der Waals surface area contributed by atoms with E-state index in [1.807, 2.05) is 18.2 Å². The van der Waals surface area contributed by atoms with Crippen molar-refractivity contribution in [2.45, 2.75) is 51.1 Å². The summed E-state index contributed by atoms with van der Waals surface area (Å²) in [5, 5.41) is 13.1.